The van der Waals surface area contributed by atoms with Crippen molar-refractivity contribution in [1.29, 1.82) is 0 Å². The predicted molar refractivity (Wildman–Crippen MR) is 81.1 cm³/mol. The van der Waals surface area contributed by atoms with Crippen LogP contribution in [0, 0.1) is 0 Å². The van der Waals surface area contributed by atoms with E-state index in [1.807, 2.05) is 19.9 Å². The van der Waals surface area contributed by atoms with Gasteiger partial charge in [-0.3, -0.25) is 10.1 Å². The number of nitrogens with zero attached hydrogens (tertiary/aromatic N) is 2. The molecule has 0 aliphatic rings. The first-order chi connectivity index (χ1) is 10.1. The fraction of sp³-hybridized carbons (Fsp3) is 0.357. The van der Waals surface area contributed by atoms with Crippen molar-refractivity contribution in [1.82, 2.24) is 10.2 Å². The van der Waals surface area contributed by atoms with Gasteiger partial charge in [0.25, 0.3) is 5.91 Å². The van der Waals surface area contributed by atoms with Crippen LogP contribution in [0.15, 0.2) is 24.3 Å². The van der Waals surface area contributed by atoms with Crippen molar-refractivity contribution in [3.8, 4) is 11.5 Å². The van der Waals surface area contributed by atoms with Crippen molar-refractivity contribution in [3.05, 3.63) is 29.3 Å². The highest BCUT2D eigenvalue weighted by atomic mass is 32.1. The first-order valence-electron chi connectivity index (χ1n) is 6.48. The second-order valence-electron chi connectivity index (χ2n) is 4.62. The largest absolute Gasteiger partial charge is 0.497 e. The number of hydrogen-bond acceptors (Lipinski definition) is 6. The third-order valence-electron chi connectivity index (χ3n) is 2.59. The van der Waals surface area contributed by atoms with Crippen LogP contribution >= 0.6 is 11.3 Å². The fourth-order valence-corrected chi connectivity index (χ4v) is 2.28. The van der Waals surface area contributed by atoms with E-state index >= 15 is 0 Å². The third kappa shape index (κ3) is 4.42. The number of methoxy groups -OCH3 is 1. The lowest BCUT2D eigenvalue weighted by Gasteiger charge is -2.07. The average Bonchev–Trinajstić information content (AvgIpc) is 2.94. The van der Waals surface area contributed by atoms with Crippen LogP contribution < -0.4 is 14.8 Å². The van der Waals surface area contributed by atoms with Crippen LogP contribution in [0.2, 0.25) is 0 Å². The number of rotatable bonds is 6. The molecule has 21 heavy (non-hydrogen) atoms. The number of ether oxygens (including phenoxy) is 2. The summed E-state index contributed by atoms with van der Waals surface area (Å²) in [6.07, 6.45) is 0. The summed E-state index contributed by atoms with van der Waals surface area (Å²) < 4.78 is 10.5. The van der Waals surface area contributed by atoms with Gasteiger partial charge in [-0.2, -0.15) is 0 Å². The third-order valence-corrected chi connectivity index (χ3v) is 3.73. The molecule has 2 aromatic rings. The second-order valence-corrected chi connectivity index (χ2v) is 5.63. The molecule has 0 bridgehead atoms. The number of carbonyl (C=O) groups is 1. The maximum Gasteiger partial charge on any atom is 0.264 e. The molecular weight excluding hydrogens is 290 g/mol. The highest BCUT2D eigenvalue weighted by Crippen LogP contribution is 2.22. The quantitative estimate of drug-likeness (QED) is 0.888. The summed E-state index contributed by atoms with van der Waals surface area (Å²) in [6.45, 7) is 3.96. The van der Waals surface area contributed by atoms with E-state index in [1.165, 1.54) is 11.3 Å². The molecule has 0 unspecified atom stereocenters. The summed E-state index contributed by atoms with van der Waals surface area (Å²) in [5.41, 5.74) is 0. The van der Waals surface area contributed by atoms with Crippen LogP contribution in [0.5, 0.6) is 11.5 Å². The van der Waals surface area contributed by atoms with Gasteiger partial charge in [-0.25, -0.2) is 0 Å². The molecule has 0 atom stereocenters. The Balaban J connectivity index is 1.86. The van der Waals surface area contributed by atoms with E-state index in [0.717, 1.165) is 5.01 Å². The van der Waals surface area contributed by atoms with Crippen molar-refractivity contribution in [2.75, 3.05) is 19.0 Å². The summed E-state index contributed by atoms with van der Waals surface area (Å²) in [5, 5.41) is 12.0. The minimum Gasteiger partial charge on any atom is -0.497 e. The smallest absolute Gasteiger partial charge is 0.264 e. The molecule has 0 fully saturated rings. The first-order valence-corrected chi connectivity index (χ1v) is 7.30. The monoisotopic (exact) mass is 307 g/mol. The number of benzene rings is 1. The molecule has 1 heterocycles. The zero-order chi connectivity index (χ0) is 15.2. The van der Waals surface area contributed by atoms with Crippen LogP contribution in [0.3, 0.4) is 0 Å². The molecule has 1 aromatic heterocycles. The lowest BCUT2D eigenvalue weighted by Crippen LogP contribution is -2.20. The molecule has 0 aliphatic carbocycles. The van der Waals surface area contributed by atoms with Crippen molar-refractivity contribution in [3.63, 3.8) is 0 Å². The maximum atomic E-state index is 11.8. The van der Waals surface area contributed by atoms with Gasteiger partial charge in [0.2, 0.25) is 5.13 Å². The van der Waals surface area contributed by atoms with Crippen molar-refractivity contribution >= 4 is 22.4 Å². The fourth-order valence-electron chi connectivity index (χ4n) is 1.51. The SMILES string of the molecule is COc1cccc(OCC(=O)Nc2nnc(C(C)C)s2)c1. The Hall–Kier alpha value is -2.15. The molecule has 1 amide bonds. The van der Waals surface area contributed by atoms with Gasteiger partial charge in [-0.15, -0.1) is 10.2 Å². The molecule has 0 spiro atoms. The van der Waals surface area contributed by atoms with Gasteiger partial charge in [0, 0.05) is 12.0 Å². The van der Waals surface area contributed by atoms with Crippen molar-refractivity contribution < 1.29 is 14.3 Å². The first kappa shape index (κ1) is 15.2. The molecule has 1 aromatic carbocycles. The van der Waals surface area contributed by atoms with Gasteiger partial charge in [-0.1, -0.05) is 31.3 Å². The summed E-state index contributed by atoms with van der Waals surface area (Å²) in [4.78, 5) is 11.8. The zero-order valence-electron chi connectivity index (χ0n) is 12.1. The molecule has 0 radical (unpaired) electrons. The zero-order valence-corrected chi connectivity index (χ0v) is 12.9. The molecule has 6 nitrogen and oxygen atoms in total. The summed E-state index contributed by atoms with van der Waals surface area (Å²) >= 11 is 1.37. The molecule has 0 saturated carbocycles. The lowest BCUT2D eigenvalue weighted by atomic mass is 10.2. The lowest BCUT2D eigenvalue weighted by molar-refractivity contribution is -0.118. The molecule has 112 valence electrons. The summed E-state index contributed by atoms with van der Waals surface area (Å²) in [6, 6.07) is 7.08. The van der Waals surface area contributed by atoms with E-state index in [0.29, 0.717) is 22.5 Å². The highest BCUT2D eigenvalue weighted by Gasteiger charge is 2.11. The van der Waals surface area contributed by atoms with E-state index in [1.54, 1.807) is 25.3 Å². The van der Waals surface area contributed by atoms with Crippen LogP contribution in [0.4, 0.5) is 5.13 Å². The number of hydrogen-bond donors (Lipinski definition) is 1. The average molecular weight is 307 g/mol. The normalized spacial score (nSPS) is 10.5. The Morgan fingerprint density at radius 3 is 2.76 bits per heavy atom. The van der Waals surface area contributed by atoms with Crippen LogP contribution in [0.25, 0.3) is 0 Å². The van der Waals surface area contributed by atoms with E-state index in [-0.39, 0.29) is 12.5 Å². The number of nitrogens with one attached hydrogen (secondary N) is 1. The summed E-state index contributed by atoms with van der Waals surface area (Å²) in [7, 11) is 1.58. The van der Waals surface area contributed by atoms with Gasteiger partial charge in [-0.05, 0) is 12.1 Å². The molecule has 1 N–H and O–H groups in total. The Kier molecular flexibility index (Phi) is 5.10. The Morgan fingerprint density at radius 1 is 1.33 bits per heavy atom. The minimum atomic E-state index is -0.274. The predicted octanol–water partition coefficient (Wildman–Crippen LogP) is 2.69. The van der Waals surface area contributed by atoms with Crippen molar-refractivity contribution in [2.24, 2.45) is 0 Å². The molecule has 0 aliphatic heterocycles. The highest BCUT2D eigenvalue weighted by molar-refractivity contribution is 7.15. The van der Waals surface area contributed by atoms with Crippen LogP contribution in [-0.2, 0) is 4.79 Å². The molecular formula is C14H17N3O3S. The Labute approximate surface area is 127 Å². The van der Waals surface area contributed by atoms with E-state index in [4.69, 9.17) is 9.47 Å². The maximum absolute atomic E-state index is 11.8. The molecule has 0 saturated heterocycles. The van der Waals surface area contributed by atoms with Gasteiger partial charge >= 0.3 is 0 Å². The van der Waals surface area contributed by atoms with Crippen LogP contribution in [0.1, 0.15) is 24.8 Å². The van der Waals surface area contributed by atoms with Crippen LogP contribution in [-0.4, -0.2) is 29.8 Å². The van der Waals surface area contributed by atoms with Gasteiger partial charge in [0.15, 0.2) is 6.61 Å². The molecule has 7 heteroatoms. The number of aromatic nitrogens is 2. The Bertz CT molecular complexity index is 613. The Morgan fingerprint density at radius 2 is 2.10 bits per heavy atom. The minimum absolute atomic E-state index is 0.0935. The van der Waals surface area contributed by atoms with Gasteiger partial charge < -0.3 is 9.47 Å². The van der Waals surface area contributed by atoms with Gasteiger partial charge in [0.1, 0.15) is 16.5 Å². The number of amides is 1. The van der Waals surface area contributed by atoms with Crippen molar-refractivity contribution in [2.45, 2.75) is 19.8 Å². The second kappa shape index (κ2) is 7.03. The van der Waals surface area contributed by atoms with E-state index < -0.39 is 0 Å². The topological polar surface area (TPSA) is 73.3 Å². The number of anilines is 1. The number of carbonyl (C=O) groups excluding carboxylic acids is 1. The van der Waals surface area contributed by atoms with E-state index in [2.05, 4.69) is 15.5 Å². The van der Waals surface area contributed by atoms with E-state index in [9.17, 15) is 4.79 Å². The molecule has 2 rings (SSSR count). The van der Waals surface area contributed by atoms with Gasteiger partial charge in [0.05, 0.1) is 7.11 Å². The standard InChI is InChI=1S/C14H17N3O3S/c1-9(2)13-16-17-14(21-13)15-12(18)8-20-11-6-4-5-10(7-11)19-3/h4-7,9H,8H2,1-3H3,(H,15,17,18). The summed E-state index contributed by atoms with van der Waals surface area (Å²) in [5.74, 6) is 1.27.